The number of nitrogens with one attached hydrogen (secondary N) is 2. The molecule has 0 aliphatic heterocycles. The van der Waals surface area contributed by atoms with Gasteiger partial charge in [-0.2, -0.15) is 0 Å². The molecule has 0 saturated carbocycles. The van der Waals surface area contributed by atoms with Crippen molar-refractivity contribution in [2.45, 2.75) is 46.6 Å². The summed E-state index contributed by atoms with van der Waals surface area (Å²) in [7, 11) is 0. The van der Waals surface area contributed by atoms with Crippen LogP contribution < -0.4 is 10.1 Å². The molecule has 0 radical (unpaired) electrons. The van der Waals surface area contributed by atoms with Gasteiger partial charge in [0.1, 0.15) is 0 Å². The largest absolute Gasteiger partial charge is 0.474 e. The molecule has 1 heterocycles. The number of aromatic nitrogens is 2. The molecule has 0 aliphatic carbocycles. The Hall–Kier alpha value is -1.03. The molecule has 0 spiro atoms. The molecule has 4 heteroatoms. The highest BCUT2D eigenvalue weighted by Gasteiger charge is 2.06. The number of nitrogens with zero attached hydrogens (tertiary/aromatic N) is 1. The molecule has 17 heavy (non-hydrogen) atoms. The third-order valence-corrected chi connectivity index (χ3v) is 2.52. The van der Waals surface area contributed by atoms with Gasteiger partial charge in [-0.05, 0) is 45.7 Å². The number of ether oxygens (including phenoxy) is 1. The topological polar surface area (TPSA) is 49.9 Å². The van der Waals surface area contributed by atoms with Crippen molar-refractivity contribution in [3.63, 3.8) is 0 Å². The quantitative estimate of drug-likeness (QED) is 0.685. The monoisotopic (exact) mass is 239 g/mol. The maximum Gasteiger partial charge on any atom is 0.232 e. The van der Waals surface area contributed by atoms with E-state index in [1.54, 1.807) is 0 Å². The van der Waals surface area contributed by atoms with Crippen LogP contribution >= 0.6 is 0 Å². The molecule has 0 aliphatic rings. The third-order valence-electron chi connectivity index (χ3n) is 2.52. The van der Waals surface area contributed by atoms with Crippen molar-refractivity contribution in [2.24, 2.45) is 5.92 Å². The van der Waals surface area contributed by atoms with Crippen LogP contribution in [0.1, 0.15) is 39.3 Å². The van der Waals surface area contributed by atoms with E-state index in [1.165, 1.54) is 0 Å². The van der Waals surface area contributed by atoms with Gasteiger partial charge in [0, 0.05) is 11.8 Å². The maximum atomic E-state index is 5.69. The Labute approximate surface area is 104 Å². The summed E-state index contributed by atoms with van der Waals surface area (Å²) in [5.74, 6) is 1.42. The summed E-state index contributed by atoms with van der Waals surface area (Å²) in [6, 6.07) is 1.92. The van der Waals surface area contributed by atoms with Gasteiger partial charge in [-0.1, -0.05) is 13.8 Å². The lowest BCUT2D eigenvalue weighted by Gasteiger charge is -2.13. The van der Waals surface area contributed by atoms with Crippen LogP contribution in [0.2, 0.25) is 0 Å². The van der Waals surface area contributed by atoms with Crippen LogP contribution in [0.3, 0.4) is 0 Å². The van der Waals surface area contributed by atoms with E-state index in [0.29, 0.717) is 5.88 Å². The van der Waals surface area contributed by atoms with Gasteiger partial charge in [-0.15, -0.1) is 5.10 Å². The minimum absolute atomic E-state index is 0.221. The molecule has 1 atom stereocenters. The smallest absolute Gasteiger partial charge is 0.232 e. The Bertz CT molecular complexity index is 309. The predicted molar refractivity (Wildman–Crippen MR) is 70.4 cm³/mol. The first-order chi connectivity index (χ1) is 8.08. The molecule has 0 amide bonds. The number of rotatable bonds is 8. The van der Waals surface area contributed by atoms with Crippen molar-refractivity contribution in [3.05, 3.63) is 11.8 Å². The fourth-order valence-corrected chi connectivity index (χ4v) is 1.62. The van der Waals surface area contributed by atoms with E-state index >= 15 is 0 Å². The van der Waals surface area contributed by atoms with Crippen molar-refractivity contribution in [3.8, 4) is 5.88 Å². The van der Waals surface area contributed by atoms with Gasteiger partial charge in [0.2, 0.25) is 5.88 Å². The molecule has 4 nitrogen and oxygen atoms in total. The van der Waals surface area contributed by atoms with Crippen molar-refractivity contribution >= 4 is 0 Å². The minimum Gasteiger partial charge on any atom is -0.474 e. The first kappa shape index (κ1) is 14.0. The lowest BCUT2D eigenvalue weighted by atomic mass is 10.2. The molecular weight excluding hydrogens is 214 g/mol. The summed E-state index contributed by atoms with van der Waals surface area (Å²) < 4.78 is 5.69. The number of aromatic amines is 1. The Morgan fingerprint density at radius 3 is 2.76 bits per heavy atom. The van der Waals surface area contributed by atoms with Crippen molar-refractivity contribution in [1.82, 2.24) is 15.5 Å². The van der Waals surface area contributed by atoms with E-state index in [2.05, 4.69) is 36.3 Å². The zero-order chi connectivity index (χ0) is 12.7. The molecular formula is C13H25N3O. The highest BCUT2D eigenvalue weighted by Crippen LogP contribution is 2.11. The van der Waals surface area contributed by atoms with Crippen LogP contribution in [0, 0.1) is 12.8 Å². The van der Waals surface area contributed by atoms with Gasteiger partial charge >= 0.3 is 0 Å². The van der Waals surface area contributed by atoms with E-state index in [4.69, 9.17) is 4.74 Å². The van der Waals surface area contributed by atoms with Gasteiger partial charge in [-0.25, -0.2) is 0 Å². The highest BCUT2D eigenvalue weighted by atomic mass is 16.5. The average Bonchev–Trinajstić information content (AvgIpc) is 2.63. The van der Waals surface area contributed by atoms with E-state index in [0.717, 1.165) is 37.5 Å². The first-order valence-electron chi connectivity index (χ1n) is 6.47. The molecule has 1 aromatic rings. The standard InChI is InChI=1S/C13H25N3O/c1-10(2)9-14-7-5-6-12(4)17-13-8-11(3)15-16-13/h8,10,12,14H,5-7,9H2,1-4H3,(H,15,16). The normalized spacial score (nSPS) is 13.0. The molecule has 0 saturated heterocycles. The molecule has 2 N–H and O–H groups in total. The fraction of sp³-hybridized carbons (Fsp3) is 0.769. The van der Waals surface area contributed by atoms with Crippen molar-refractivity contribution in [2.75, 3.05) is 13.1 Å². The van der Waals surface area contributed by atoms with E-state index in [9.17, 15) is 0 Å². The number of H-pyrrole nitrogens is 1. The molecule has 1 aromatic heterocycles. The molecule has 1 rings (SSSR count). The zero-order valence-electron chi connectivity index (χ0n) is 11.4. The Balaban J connectivity index is 2.07. The number of hydrogen-bond acceptors (Lipinski definition) is 3. The second kappa shape index (κ2) is 7.33. The van der Waals surface area contributed by atoms with Crippen LogP contribution in [0.4, 0.5) is 0 Å². The molecule has 0 bridgehead atoms. The van der Waals surface area contributed by atoms with E-state index in [-0.39, 0.29) is 6.10 Å². The van der Waals surface area contributed by atoms with Crippen LogP contribution in [-0.2, 0) is 0 Å². The lowest BCUT2D eigenvalue weighted by Crippen LogP contribution is -2.22. The van der Waals surface area contributed by atoms with Gasteiger partial charge in [0.25, 0.3) is 0 Å². The fourth-order valence-electron chi connectivity index (χ4n) is 1.62. The van der Waals surface area contributed by atoms with Crippen molar-refractivity contribution < 1.29 is 4.74 Å². The molecule has 0 fully saturated rings. The molecule has 1 unspecified atom stereocenters. The van der Waals surface area contributed by atoms with Gasteiger partial charge in [0.05, 0.1) is 6.10 Å². The van der Waals surface area contributed by atoms with Crippen LogP contribution in [0.15, 0.2) is 6.07 Å². The first-order valence-corrected chi connectivity index (χ1v) is 6.47. The Morgan fingerprint density at radius 2 is 2.18 bits per heavy atom. The summed E-state index contributed by atoms with van der Waals surface area (Å²) in [6.07, 6.45) is 2.41. The Morgan fingerprint density at radius 1 is 1.41 bits per heavy atom. The second-order valence-corrected chi connectivity index (χ2v) is 5.06. The summed E-state index contributed by atoms with van der Waals surface area (Å²) >= 11 is 0. The number of hydrogen-bond donors (Lipinski definition) is 2. The summed E-state index contributed by atoms with van der Waals surface area (Å²) in [4.78, 5) is 0. The van der Waals surface area contributed by atoms with Crippen molar-refractivity contribution in [1.29, 1.82) is 0 Å². The molecule has 98 valence electrons. The minimum atomic E-state index is 0.221. The summed E-state index contributed by atoms with van der Waals surface area (Å²) in [5.41, 5.74) is 1.03. The van der Waals surface area contributed by atoms with Crippen LogP contribution in [0.5, 0.6) is 5.88 Å². The number of aryl methyl sites for hydroxylation is 1. The summed E-state index contributed by atoms with van der Waals surface area (Å²) in [6.45, 7) is 10.7. The van der Waals surface area contributed by atoms with Gasteiger partial charge in [0.15, 0.2) is 0 Å². The third kappa shape index (κ3) is 6.31. The van der Waals surface area contributed by atoms with E-state index < -0.39 is 0 Å². The SMILES string of the molecule is Cc1cc(OC(C)CCCNCC(C)C)n[nH]1. The van der Waals surface area contributed by atoms with Crippen LogP contribution in [-0.4, -0.2) is 29.4 Å². The summed E-state index contributed by atoms with van der Waals surface area (Å²) in [5, 5.41) is 10.4. The highest BCUT2D eigenvalue weighted by molar-refractivity contribution is 5.12. The average molecular weight is 239 g/mol. The zero-order valence-corrected chi connectivity index (χ0v) is 11.4. The lowest BCUT2D eigenvalue weighted by molar-refractivity contribution is 0.199. The van der Waals surface area contributed by atoms with Crippen LogP contribution in [0.25, 0.3) is 0 Å². The van der Waals surface area contributed by atoms with E-state index in [1.807, 2.05) is 13.0 Å². The van der Waals surface area contributed by atoms with Gasteiger partial charge in [-0.3, -0.25) is 5.10 Å². The maximum absolute atomic E-state index is 5.69. The second-order valence-electron chi connectivity index (χ2n) is 5.06. The van der Waals surface area contributed by atoms with Gasteiger partial charge < -0.3 is 10.1 Å². The predicted octanol–water partition coefficient (Wildman–Crippen LogP) is 2.51. The molecule has 0 aromatic carbocycles. The Kier molecular flexibility index (Phi) is 6.05.